The van der Waals surface area contributed by atoms with Gasteiger partial charge in [-0.05, 0) is 56.7 Å². The molecule has 3 saturated heterocycles. The summed E-state index contributed by atoms with van der Waals surface area (Å²) in [6.45, 7) is 16.3. The Kier molecular flexibility index (Phi) is 7.72. The van der Waals surface area contributed by atoms with E-state index >= 15 is 4.39 Å². The quantitative estimate of drug-likeness (QED) is 0.404. The number of anilines is 2. The highest BCUT2D eigenvalue weighted by molar-refractivity contribution is 6.03. The van der Waals surface area contributed by atoms with Crippen LogP contribution in [0, 0.1) is 11.2 Å². The van der Waals surface area contributed by atoms with Crippen LogP contribution >= 0.6 is 0 Å². The number of likely N-dealkylation sites (tertiary alicyclic amines) is 1. The molecule has 0 unspecified atom stereocenters. The molecular formula is C33H39FN6O3. The molecule has 4 heterocycles. The van der Waals surface area contributed by atoms with E-state index in [2.05, 4.69) is 34.9 Å². The first-order chi connectivity index (χ1) is 20.8. The summed E-state index contributed by atoms with van der Waals surface area (Å²) in [5, 5.41) is 11.6. The van der Waals surface area contributed by atoms with Crippen molar-refractivity contribution in [2.24, 2.45) is 5.41 Å². The number of ether oxygens (including phenoxy) is 1. The topological polar surface area (TPSA) is 85.3 Å². The number of fused-ring (bicyclic) bond motifs is 1. The van der Waals surface area contributed by atoms with Crippen molar-refractivity contribution in [3.63, 3.8) is 0 Å². The molecule has 9 nitrogen and oxygen atoms in total. The third-order valence-electron chi connectivity index (χ3n) is 9.14. The molecule has 226 valence electrons. The van der Waals surface area contributed by atoms with E-state index in [9.17, 15) is 9.90 Å². The smallest absolute Gasteiger partial charge is 0.245 e. The number of likely N-dealkylation sites (N-methyl/N-ethyl adjacent to an activating group) is 1. The van der Waals surface area contributed by atoms with Gasteiger partial charge in [-0.15, -0.1) is 0 Å². The molecule has 3 aromatic rings. The van der Waals surface area contributed by atoms with Crippen molar-refractivity contribution in [2.75, 3.05) is 75.8 Å². The Morgan fingerprint density at radius 2 is 1.79 bits per heavy atom. The molecule has 0 radical (unpaired) electrons. The highest BCUT2D eigenvalue weighted by Gasteiger charge is 2.46. The first-order valence-electron chi connectivity index (χ1n) is 15.0. The van der Waals surface area contributed by atoms with E-state index < -0.39 is 5.82 Å². The van der Waals surface area contributed by atoms with Crippen LogP contribution in [-0.2, 0) is 4.79 Å². The lowest BCUT2D eigenvalue weighted by Crippen LogP contribution is -2.61. The van der Waals surface area contributed by atoms with Gasteiger partial charge in [-0.3, -0.25) is 4.79 Å². The fourth-order valence-corrected chi connectivity index (χ4v) is 6.64. The summed E-state index contributed by atoms with van der Waals surface area (Å²) in [5.74, 6) is 1.08. The van der Waals surface area contributed by atoms with E-state index in [1.165, 1.54) is 24.3 Å². The number of aromatic nitrogens is 2. The van der Waals surface area contributed by atoms with Gasteiger partial charge in [0.25, 0.3) is 0 Å². The molecule has 0 bridgehead atoms. The van der Waals surface area contributed by atoms with Gasteiger partial charge in [-0.25, -0.2) is 9.37 Å². The SMILES string of the molecule is C=CC(=O)N1CC2(CCN(c3nc(N4CCN(C)CC4)nc4c(OCC)c(-c5c(O)cccc5F)c(C=C)cc34)CC2)C1. The monoisotopic (exact) mass is 586 g/mol. The van der Waals surface area contributed by atoms with Crippen LogP contribution in [0.3, 0.4) is 0 Å². The molecule has 0 saturated carbocycles. The van der Waals surface area contributed by atoms with Gasteiger partial charge in [0.05, 0.1) is 12.2 Å². The van der Waals surface area contributed by atoms with Crippen molar-refractivity contribution in [2.45, 2.75) is 19.8 Å². The number of hydrogen-bond donors (Lipinski definition) is 1. The van der Waals surface area contributed by atoms with E-state index in [1.54, 1.807) is 6.08 Å². The lowest BCUT2D eigenvalue weighted by molar-refractivity contribution is -0.139. The van der Waals surface area contributed by atoms with Crippen LogP contribution in [0.5, 0.6) is 11.5 Å². The second-order valence-electron chi connectivity index (χ2n) is 11.9. The van der Waals surface area contributed by atoms with Crippen LogP contribution < -0.4 is 14.5 Å². The zero-order valence-electron chi connectivity index (χ0n) is 25.0. The second kappa shape index (κ2) is 11.5. The Labute approximate surface area is 251 Å². The number of aromatic hydroxyl groups is 1. The molecule has 1 N–H and O–H groups in total. The average molecular weight is 587 g/mol. The van der Waals surface area contributed by atoms with Crippen LogP contribution in [0.25, 0.3) is 28.1 Å². The van der Waals surface area contributed by atoms with Crippen molar-refractivity contribution in [1.82, 2.24) is 19.8 Å². The zero-order valence-corrected chi connectivity index (χ0v) is 25.0. The van der Waals surface area contributed by atoms with Crippen LogP contribution in [0.1, 0.15) is 25.3 Å². The molecule has 3 fully saturated rings. The van der Waals surface area contributed by atoms with E-state index in [1.807, 2.05) is 17.9 Å². The van der Waals surface area contributed by atoms with E-state index in [-0.39, 0.29) is 22.6 Å². The Balaban J connectivity index is 1.48. The molecule has 3 aliphatic heterocycles. The summed E-state index contributed by atoms with van der Waals surface area (Å²) >= 11 is 0. The molecular weight excluding hydrogens is 547 g/mol. The summed E-state index contributed by atoms with van der Waals surface area (Å²) in [5.41, 5.74) is 1.81. The number of piperidine rings is 1. The van der Waals surface area contributed by atoms with Gasteiger partial charge in [0, 0.05) is 68.7 Å². The first-order valence-corrected chi connectivity index (χ1v) is 15.0. The van der Waals surface area contributed by atoms with Crippen LogP contribution in [0.4, 0.5) is 16.2 Å². The standard InChI is InChI=1S/C33H39FN6O3/c1-5-22-19-23-29(30(43-7-3)27(22)28-24(34)9-8-10-25(28)41)35-32(39-17-15-37(4)16-18-39)36-31(23)38-13-11-33(12-14-38)20-40(21-33)26(42)6-2/h5-6,8-10,19,41H,1-2,7,11-18,20-21H2,3-4H3. The summed E-state index contributed by atoms with van der Waals surface area (Å²) in [7, 11) is 2.11. The summed E-state index contributed by atoms with van der Waals surface area (Å²) in [4.78, 5) is 31.0. The number of rotatable bonds is 7. The third kappa shape index (κ3) is 5.18. The predicted octanol–water partition coefficient (Wildman–Crippen LogP) is 4.55. The molecule has 3 aliphatic rings. The van der Waals surface area contributed by atoms with Crippen LogP contribution in [0.2, 0.25) is 0 Å². The summed E-state index contributed by atoms with van der Waals surface area (Å²) in [6, 6.07) is 6.22. The summed E-state index contributed by atoms with van der Waals surface area (Å²) < 4.78 is 21.6. The molecule has 1 spiro atoms. The maximum Gasteiger partial charge on any atom is 0.245 e. The number of phenolic OH excluding ortho intramolecular Hbond substituents is 1. The maximum atomic E-state index is 15.3. The number of hydrogen-bond acceptors (Lipinski definition) is 8. The van der Waals surface area contributed by atoms with E-state index in [0.29, 0.717) is 34.9 Å². The Morgan fingerprint density at radius 3 is 2.42 bits per heavy atom. The fraction of sp³-hybridized carbons (Fsp3) is 0.424. The van der Waals surface area contributed by atoms with Crippen LogP contribution in [-0.4, -0.2) is 96.8 Å². The second-order valence-corrected chi connectivity index (χ2v) is 11.9. The molecule has 43 heavy (non-hydrogen) atoms. The van der Waals surface area contributed by atoms with Crippen molar-refractivity contribution in [3.05, 3.63) is 54.9 Å². The number of halogens is 1. The number of carbonyl (C=O) groups excluding carboxylic acids is 1. The number of nitrogens with zero attached hydrogens (tertiary/aromatic N) is 6. The maximum absolute atomic E-state index is 15.3. The lowest BCUT2D eigenvalue weighted by Gasteiger charge is -2.54. The minimum absolute atomic E-state index is 0.0104. The van der Waals surface area contributed by atoms with Gasteiger partial charge >= 0.3 is 0 Å². The van der Waals surface area contributed by atoms with Gasteiger partial charge < -0.3 is 29.4 Å². The Bertz CT molecular complexity index is 1550. The van der Waals surface area contributed by atoms with Crippen molar-refractivity contribution in [3.8, 4) is 22.6 Å². The van der Waals surface area contributed by atoms with Crippen molar-refractivity contribution < 1.29 is 19.0 Å². The number of piperazine rings is 1. The first kappa shape index (κ1) is 28.9. The molecule has 6 rings (SSSR count). The average Bonchev–Trinajstić information content (AvgIpc) is 3.00. The molecule has 1 aromatic heterocycles. The predicted molar refractivity (Wildman–Crippen MR) is 168 cm³/mol. The highest BCUT2D eigenvalue weighted by atomic mass is 19.1. The Morgan fingerprint density at radius 1 is 1.07 bits per heavy atom. The van der Waals surface area contributed by atoms with E-state index in [0.717, 1.165) is 76.4 Å². The normalized spacial score (nSPS) is 18.5. The van der Waals surface area contributed by atoms with Gasteiger partial charge in [-0.2, -0.15) is 4.98 Å². The number of carbonyl (C=O) groups is 1. The van der Waals surface area contributed by atoms with Gasteiger partial charge in [0.15, 0.2) is 5.75 Å². The van der Waals surface area contributed by atoms with Crippen LogP contribution in [0.15, 0.2) is 43.5 Å². The molecule has 2 aromatic carbocycles. The Hall–Kier alpha value is -4.18. The number of amides is 1. The lowest BCUT2D eigenvalue weighted by atomic mass is 9.72. The van der Waals surface area contributed by atoms with Gasteiger partial charge in [0.1, 0.15) is 22.9 Å². The minimum Gasteiger partial charge on any atom is -0.507 e. The van der Waals surface area contributed by atoms with E-state index in [4.69, 9.17) is 14.7 Å². The summed E-state index contributed by atoms with van der Waals surface area (Å²) in [6.07, 6.45) is 4.93. The number of benzene rings is 2. The zero-order chi connectivity index (χ0) is 30.3. The molecule has 0 aliphatic carbocycles. The largest absolute Gasteiger partial charge is 0.507 e. The highest BCUT2D eigenvalue weighted by Crippen LogP contribution is 2.47. The van der Waals surface area contributed by atoms with Crippen molar-refractivity contribution >= 4 is 34.7 Å². The van der Waals surface area contributed by atoms with Gasteiger partial charge in [0.2, 0.25) is 11.9 Å². The third-order valence-corrected chi connectivity index (χ3v) is 9.14. The number of phenols is 1. The molecule has 1 amide bonds. The molecule has 0 atom stereocenters. The van der Waals surface area contributed by atoms with Gasteiger partial charge in [-0.1, -0.05) is 25.3 Å². The fourth-order valence-electron chi connectivity index (χ4n) is 6.64. The van der Waals surface area contributed by atoms with Crippen molar-refractivity contribution in [1.29, 1.82) is 0 Å². The molecule has 10 heteroatoms. The minimum atomic E-state index is -0.553.